The minimum atomic E-state index is -0.735. The Morgan fingerprint density at radius 1 is 1.15 bits per heavy atom. The van der Waals surface area contributed by atoms with Crippen molar-refractivity contribution in [2.24, 2.45) is 5.73 Å². The lowest BCUT2D eigenvalue weighted by atomic mass is 9.83. The summed E-state index contributed by atoms with van der Waals surface area (Å²) in [5, 5.41) is 12.5. The molecule has 1 atom stereocenters. The van der Waals surface area contributed by atoms with Gasteiger partial charge in [0.25, 0.3) is 5.91 Å². The van der Waals surface area contributed by atoms with Crippen molar-refractivity contribution in [3.05, 3.63) is 82.4 Å². The number of amides is 1. The molecule has 1 aliphatic heterocycles. The summed E-state index contributed by atoms with van der Waals surface area (Å²) in [5.41, 5.74) is 8.70. The number of nitrogens with one attached hydrogen (secondary N) is 1. The zero-order valence-electron chi connectivity index (χ0n) is 19.4. The van der Waals surface area contributed by atoms with Crippen molar-refractivity contribution in [2.45, 2.75) is 33.1 Å². The topological polar surface area (TPSA) is 124 Å². The molecule has 0 bridgehead atoms. The number of carbonyl (C=O) groups is 2. The highest BCUT2D eigenvalue weighted by atomic mass is 16.5. The van der Waals surface area contributed by atoms with Gasteiger partial charge < -0.3 is 25.3 Å². The second kappa shape index (κ2) is 11.1. The number of carbonyl (C=O) groups excluding carboxylic acids is 2. The average Bonchev–Trinajstić information content (AvgIpc) is 2.83. The van der Waals surface area contributed by atoms with E-state index in [0.717, 1.165) is 17.7 Å². The Bertz CT molecular complexity index is 1180. The Balaban J connectivity index is 1.75. The van der Waals surface area contributed by atoms with Crippen LogP contribution in [-0.2, 0) is 25.5 Å². The van der Waals surface area contributed by atoms with Crippen molar-refractivity contribution in [3.63, 3.8) is 0 Å². The van der Waals surface area contributed by atoms with Crippen LogP contribution in [0, 0.1) is 11.3 Å². The quantitative estimate of drug-likeness (QED) is 0.571. The standard InChI is InChI=1S/C26H27N3O5/c1-4-17-8-6-7-9-21(17)29-22(30)15-33-19-12-10-18(11-13-19)24-20(14-27)25(28)34-16(3)23(24)26(31)32-5-2/h6-13,24H,4-5,15,28H2,1-3H3,(H,29,30). The van der Waals surface area contributed by atoms with Gasteiger partial charge in [-0.3, -0.25) is 4.79 Å². The number of aryl methyl sites for hydroxylation is 1. The fourth-order valence-electron chi connectivity index (χ4n) is 3.73. The summed E-state index contributed by atoms with van der Waals surface area (Å²) in [6.45, 7) is 5.34. The summed E-state index contributed by atoms with van der Waals surface area (Å²) in [5.74, 6) is -0.898. The molecule has 8 nitrogen and oxygen atoms in total. The maximum absolute atomic E-state index is 12.6. The lowest BCUT2D eigenvalue weighted by Crippen LogP contribution is -2.25. The number of anilines is 1. The van der Waals surface area contributed by atoms with Gasteiger partial charge in [0.05, 0.1) is 18.1 Å². The molecule has 2 aromatic rings. The van der Waals surface area contributed by atoms with E-state index in [2.05, 4.69) is 5.32 Å². The second-order valence-corrected chi connectivity index (χ2v) is 7.53. The van der Waals surface area contributed by atoms with Crippen LogP contribution in [0.3, 0.4) is 0 Å². The molecule has 0 saturated carbocycles. The normalized spacial score (nSPS) is 15.3. The fourth-order valence-corrected chi connectivity index (χ4v) is 3.73. The number of nitrogens with two attached hydrogens (primary N) is 1. The molecule has 0 aromatic heterocycles. The lowest BCUT2D eigenvalue weighted by Gasteiger charge is -2.26. The van der Waals surface area contributed by atoms with Gasteiger partial charge in [-0.25, -0.2) is 4.79 Å². The molecule has 34 heavy (non-hydrogen) atoms. The molecule has 0 fully saturated rings. The van der Waals surface area contributed by atoms with Gasteiger partial charge in [-0.1, -0.05) is 37.3 Å². The fraction of sp³-hybridized carbons (Fsp3) is 0.269. The zero-order chi connectivity index (χ0) is 24.7. The number of rotatable bonds is 8. The van der Waals surface area contributed by atoms with Crippen molar-refractivity contribution in [1.82, 2.24) is 0 Å². The Morgan fingerprint density at radius 3 is 2.50 bits per heavy atom. The minimum Gasteiger partial charge on any atom is -0.484 e. The third-order valence-corrected chi connectivity index (χ3v) is 5.36. The van der Waals surface area contributed by atoms with Crippen LogP contribution in [0.15, 0.2) is 71.3 Å². The second-order valence-electron chi connectivity index (χ2n) is 7.53. The van der Waals surface area contributed by atoms with Crippen molar-refractivity contribution < 1.29 is 23.8 Å². The maximum atomic E-state index is 12.6. The number of allylic oxidation sites excluding steroid dienone is 2. The highest BCUT2D eigenvalue weighted by molar-refractivity contribution is 5.93. The highest BCUT2D eigenvalue weighted by Gasteiger charge is 2.36. The smallest absolute Gasteiger partial charge is 0.338 e. The van der Waals surface area contributed by atoms with Gasteiger partial charge >= 0.3 is 5.97 Å². The van der Waals surface area contributed by atoms with Crippen LogP contribution < -0.4 is 15.8 Å². The number of esters is 1. The summed E-state index contributed by atoms with van der Waals surface area (Å²) >= 11 is 0. The third-order valence-electron chi connectivity index (χ3n) is 5.36. The van der Waals surface area contributed by atoms with Gasteiger partial charge in [-0.05, 0) is 49.6 Å². The first-order chi connectivity index (χ1) is 16.4. The van der Waals surface area contributed by atoms with Gasteiger partial charge in [-0.2, -0.15) is 5.26 Å². The molecule has 3 N–H and O–H groups in total. The van der Waals surface area contributed by atoms with E-state index in [1.807, 2.05) is 37.3 Å². The van der Waals surface area contributed by atoms with Crippen LogP contribution in [0.4, 0.5) is 5.69 Å². The molecule has 176 valence electrons. The first kappa shape index (κ1) is 24.4. The SMILES string of the molecule is CCOC(=O)C1=C(C)OC(N)=C(C#N)C1c1ccc(OCC(=O)Nc2ccccc2CC)cc1. The molecule has 0 radical (unpaired) electrons. The van der Waals surface area contributed by atoms with Gasteiger partial charge in [0, 0.05) is 5.69 Å². The molecule has 0 saturated heterocycles. The molecule has 1 amide bonds. The molecule has 0 aliphatic carbocycles. The number of nitrogens with zero attached hydrogens (tertiary/aromatic N) is 1. The van der Waals surface area contributed by atoms with Crippen molar-refractivity contribution in [3.8, 4) is 11.8 Å². The lowest BCUT2D eigenvalue weighted by molar-refractivity contribution is -0.139. The van der Waals surface area contributed by atoms with Crippen LogP contribution >= 0.6 is 0 Å². The number of nitriles is 1. The van der Waals surface area contributed by atoms with E-state index in [-0.39, 0.29) is 41.9 Å². The van der Waals surface area contributed by atoms with Crippen LogP contribution in [-0.4, -0.2) is 25.1 Å². The van der Waals surface area contributed by atoms with E-state index in [1.165, 1.54) is 0 Å². The molecule has 2 aromatic carbocycles. The van der Waals surface area contributed by atoms with Crippen molar-refractivity contribution >= 4 is 17.6 Å². The Kier molecular flexibility index (Phi) is 7.93. The van der Waals surface area contributed by atoms with Gasteiger partial charge in [0.2, 0.25) is 5.88 Å². The van der Waals surface area contributed by atoms with E-state index in [9.17, 15) is 14.9 Å². The maximum Gasteiger partial charge on any atom is 0.338 e. The van der Waals surface area contributed by atoms with Crippen molar-refractivity contribution in [1.29, 1.82) is 5.26 Å². The summed E-state index contributed by atoms with van der Waals surface area (Å²) in [4.78, 5) is 24.9. The Hall–Kier alpha value is -4.25. The van der Waals surface area contributed by atoms with Crippen LogP contribution in [0.25, 0.3) is 0 Å². The van der Waals surface area contributed by atoms with E-state index >= 15 is 0 Å². The molecule has 0 spiro atoms. The Morgan fingerprint density at radius 2 is 1.85 bits per heavy atom. The van der Waals surface area contributed by atoms with E-state index in [0.29, 0.717) is 11.3 Å². The molecule has 1 unspecified atom stereocenters. The van der Waals surface area contributed by atoms with E-state index in [1.54, 1.807) is 38.1 Å². The van der Waals surface area contributed by atoms with E-state index in [4.69, 9.17) is 19.9 Å². The third kappa shape index (κ3) is 5.38. The highest BCUT2D eigenvalue weighted by Crippen LogP contribution is 2.39. The average molecular weight is 462 g/mol. The summed E-state index contributed by atoms with van der Waals surface area (Å²) in [7, 11) is 0. The van der Waals surface area contributed by atoms with Gasteiger partial charge in [0.1, 0.15) is 23.2 Å². The molecule has 1 aliphatic rings. The minimum absolute atomic E-state index is 0.0533. The van der Waals surface area contributed by atoms with Crippen LogP contribution in [0.1, 0.15) is 37.8 Å². The molecule has 1 heterocycles. The summed E-state index contributed by atoms with van der Waals surface area (Å²) < 4.78 is 16.2. The summed E-state index contributed by atoms with van der Waals surface area (Å²) in [6, 6.07) is 16.4. The van der Waals surface area contributed by atoms with Gasteiger partial charge in [0.15, 0.2) is 6.61 Å². The molecular formula is C26H27N3O5. The van der Waals surface area contributed by atoms with E-state index < -0.39 is 11.9 Å². The number of hydrogen-bond acceptors (Lipinski definition) is 7. The van der Waals surface area contributed by atoms with Crippen molar-refractivity contribution in [2.75, 3.05) is 18.5 Å². The van der Waals surface area contributed by atoms with Crippen LogP contribution in [0.5, 0.6) is 5.75 Å². The molecular weight excluding hydrogens is 434 g/mol. The predicted octanol–water partition coefficient (Wildman–Crippen LogP) is 3.91. The monoisotopic (exact) mass is 461 g/mol. The molecule has 3 rings (SSSR count). The number of para-hydroxylation sites is 1. The number of benzene rings is 2. The first-order valence-corrected chi connectivity index (χ1v) is 11.0. The number of hydrogen-bond donors (Lipinski definition) is 2. The Labute approximate surface area is 198 Å². The zero-order valence-corrected chi connectivity index (χ0v) is 19.4. The summed E-state index contributed by atoms with van der Waals surface area (Å²) in [6.07, 6.45) is 0.802. The van der Waals surface area contributed by atoms with Gasteiger partial charge in [-0.15, -0.1) is 0 Å². The predicted molar refractivity (Wildman–Crippen MR) is 126 cm³/mol. The van der Waals surface area contributed by atoms with Crippen LogP contribution in [0.2, 0.25) is 0 Å². The largest absolute Gasteiger partial charge is 0.484 e. The molecule has 8 heteroatoms. The number of ether oxygens (including phenoxy) is 3. The first-order valence-electron chi connectivity index (χ1n) is 11.0.